The third-order valence-corrected chi connectivity index (χ3v) is 3.83. The number of amides is 1. The summed E-state index contributed by atoms with van der Waals surface area (Å²) in [6.45, 7) is 3.54. The van der Waals surface area contributed by atoms with Crippen molar-refractivity contribution in [3.05, 3.63) is 59.7 Å². The molecule has 0 aliphatic carbocycles. The Kier molecular flexibility index (Phi) is 6.73. The molecule has 0 saturated carbocycles. The molecule has 1 N–H and O–H groups in total. The van der Waals surface area contributed by atoms with Crippen LogP contribution < -0.4 is 5.32 Å². The summed E-state index contributed by atoms with van der Waals surface area (Å²) in [5.74, 6) is -0.290. The summed E-state index contributed by atoms with van der Waals surface area (Å²) in [4.78, 5) is 18.2. The van der Waals surface area contributed by atoms with Crippen molar-refractivity contribution in [1.29, 1.82) is 0 Å². The predicted molar refractivity (Wildman–Crippen MR) is 94.7 cm³/mol. The zero-order valence-electron chi connectivity index (χ0n) is 14.3. The number of carbonyl (C=O) groups excluding carboxylic acids is 1. The van der Waals surface area contributed by atoms with E-state index in [1.165, 1.54) is 12.1 Å². The van der Waals surface area contributed by atoms with E-state index in [0.29, 0.717) is 12.2 Å². The van der Waals surface area contributed by atoms with Crippen molar-refractivity contribution < 1.29 is 9.18 Å². The fraction of sp³-hybridized carbons (Fsp3) is 0.368. The molecule has 1 heterocycles. The van der Waals surface area contributed by atoms with Gasteiger partial charge in [-0.3, -0.25) is 9.78 Å². The lowest BCUT2D eigenvalue weighted by atomic mass is 10.1. The Morgan fingerprint density at radius 2 is 2.00 bits per heavy atom. The van der Waals surface area contributed by atoms with E-state index in [1.807, 2.05) is 6.07 Å². The number of benzene rings is 1. The normalized spacial score (nSPS) is 10.5. The largest absolute Gasteiger partial charge is 0.385 e. The summed E-state index contributed by atoms with van der Waals surface area (Å²) >= 11 is 0. The number of carbonyl (C=O) groups is 1. The molecule has 0 spiro atoms. The van der Waals surface area contributed by atoms with Gasteiger partial charge in [0, 0.05) is 32.0 Å². The van der Waals surface area contributed by atoms with Gasteiger partial charge in [-0.05, 0) is 42.7 Å². The second-order valence-corrected chi connectivity index (χ2v) is 5.81. The van der Waals surface area contributed by atoms with Crippen LogP contribution in [0.1, 0.15) is 35.8 Å². The van der Waals surface area contributed by atoms with Crippen LogP contribution in [0.3, 0.4) is 0 Å². The van der Waals surface area contributed by atoms with Crippen LogP contribution in [-0.2, 0) is 6.42 Å². The maximum Gasteiger partial charge on any atom is 0.272 e. The van der Waals surface area contributed by atoms with Crippen LogP contribution in [0.4, 0.5) is 10.1 Å². The molecule has 0 fully saturated rings. The molecule has 2 aromatic rings. The van der Waals surface area contributed by atoms with Crippen LogP contribution in [0.2, 0.25) is 0 Å². The number of pyridine rings is 1. The molecule has 0 aliphatic heterocycles. The Bertz CT molecular complexity index is 658. The first-order valence-corrected chi connectivity index (χ1v) is 8.30. The van der Waals surface area contributed by atoms with Gasteiger partial charge in [0.1, 0.15) is 11.5 Å². The first-order valence-electron chi connectivity index (χ1n) is 8.30. The molecule has 128 valence electrons. The molecule has 1 aromatic carbocycles. The molecule has 4 nitrogen and oxygen atoms in total. The van der Waals surface area contributed by atoms with E-state index in [0.717, 1.165) is 37.1 Å². The van der Waals surface area contributed by atoms with E-state index in [1.54, 1.807) is 36.3 Å². The third kappa shape index (κ3) is 5.33. The topological polar surface area (TPSA) is 45.2 Å². The van der Waals surface area contributed by atoms with Crippen molar-refractivity contribution in [2.45, 2.75) is 26.2 Å². The van der Waals surface area contributed by atoms with Gasteiger partial charge in [-0.2, -0.15) is 0 Å². The zero-order valence-corrected chi connectivity index (χ0v) is 14.3. The van der Waals surface area contributed by atoms with Gasteiger partial charge in [-0.1, -0.05) is 25.5 Å². The molecule has 0 radical (unpaired) electrons. The highest BCUT2D eigenvalue weighted by Gasteiger charge is 2.12. The number of nitrogens with one attached hydrogen (secondary N) is 1. The smallest absolute Gasteiger partial charge is 0.272 e. The van der Waals surface area contributed by atoms with E-state index in [4.69, 9.17) is 0 Å². The molecule has 0 unspecified atom stereocenters. The number of aromatic nitrogens is 1. The van der Waals surface area contributed by atoms with Gasteiger partial charge in [-0.25, -0.2) is 4.39 Å². The highest BCUT2D eigenvalue weighted by molar-refractivity contribution is 5.92. The fourth-order valence-electron chi connectivity index (χ4n) is 2.35. The summed E-state index contributed by atoms with van der Waals surface area (Å²) in [7, 11) is 1.80. The predicted octanol–water partition coefficient (Wildman–Crippen LogP) is 3.75. The van der Waals surface area contributed by atoms with Crippen molar-refractivity contribution in [2.24, 2.45) is 0 Å². The molecular weight excluding hydrogens is 305 g/mol. The average molecular weight is 329 g/mol. The van der Waals surface area contributed by atoms with Gasteiger partial charge < -0.3 is 10.2 Å². The van der Waals surface area contributed by atoms with Gasteiger partial charge in [0.05, 0.1) is 0 Å². The molecule has 1 amide bonds. The lowest BCUT2D eigenvalue weighted by Gasteiger charge is -2.16. The minimum Gasteiger partial charge on any atom is -0.385 e. The molecular formula is C19H24FN3O. The monoisotopic (exact) mass is 329 g/mol. The first-order chi connectivity index (χ1) is 11.6. The number of hydrogen-bond donors (Lipinski definition) is 1. The number of halogens is 1. The van der Waals surface area contributed by atoms with Crippen LogP contribution in [-0.4, -0.2) is 35.9 Å². The van der Waals surface area contributed by atoms with E-state index in [-0.39, 0.29) is 11.7 Å². The van der Waals surface area contributed by atoms with E-state index in [9.17, 15) is 9.18 Å². The van der Waals surface area contributed by atoms with Gasteiger partial charge >= 0.3 is 0 Å². The van der Waals surface area contributed by atoms with Gasteiger partial charge in [0.25, 0.3) is 5.91 Å². The fourth-order valence-corrected chi connectivity index (χ4v) is 2.35. The van der Waals surface area contributed by atoms with Crippen molar-refractivity contribution in [3.8, 4) is 0 Å². The molecule has 0 saturated heterocycles. The molecule has 0 aliphatic rings. The number of anilines is 1. The molecule has 1 aromatic heterocycles. The maximum absolute atomic E-state index is 12.9. The summed E-state index contributed by atoms with van der Waals surface area (Å²) in [6.07, 6.45) is 4.46. The van der Waals surface area contributed by atoms with Gasteiger partial charge in [0.15, 0.2) is 0 Å². The molecule has 0 bridgehead atoms. The molecule has 0 atom stereocenters. The van der Waals surface area contributed by atoms with E-state index >= 15 is 0 Å². The van der Waals surface area contributed by atoms with Crippen molar-refractivity contribution in [1.82, 2.24) is 9.88 Å². The summed E-state index contributed by atoms with van der Waals surface area (Å²) in [6, 6.07) is 10.1. The maximum atomic E-state index is 12.9. The zero-order chi connectivity index (χ0) is 17.4. The second-order valence-electron chi connectivity index (χ2n) is 5.81. The minimum absolute atomic E-state index is 0.0642. The Morgan fingerprint density at radius 3 is 2.71 bits per heavy atom. The van der Waals surface area contributed by atoms with Crippen LogP contribution in [0.25, 0.3) is 0 Å². The average Bonchev–Trinajstić information content (AvgIpc) is 2.61. The second kappa shape index (κ2) is 9.01. The Labute approximate surface area is 142 Å². The number of unbranched alkanes of at least 4 members (excludes halogenated alkanes) is 1. The number of rotatable bonds is 8. The summed E-state index contributed by atoms with van der Waals surface area (Å²) < 4.78 is 12.9. The summed E-state index contributed by atoms with van der Waals surface area (Å²) in [5.41, 5.74) is 2.37. The van der Waals surface area contributed by atoms with Crippen molar-refractivity contribution in [3.63, 3.8) is 0 Å². The molecule has 2 rings (SSSR count). The lowest BCUT2D eigenvalue weighted by molar-refractivity contribution is 0.0787. The van der Waals surface area contributed by atoms with E-state index < -0.39 is 0 Å². The summed E-state index contributed by atoms with van der Waals surface area (Å²) in [5, 5.41) is 3.28. The highest BCUT2D eigenvalue weighted by atomic mass is 19.1. The number of nitrogens with zero attached hydrogens (tertiary/aromatic N) is 2. The Balaban J connectivity index is 1.90. The van der Waals surface area contributed by atoms with Crippen LogP contribution in [0.5, 0.6) is 0 Å². The third-order valence-electron chi connectivity index (χ3n) is 3.83. The van der Waals surface area contributed by atoms with Crippen LogP contribution in [0, 0.1) is 5.82 Å². The van der Waals surface area contributed by atoms with Crippen LogP contribution >= 0.6 is 0 Å². The number of hydrogen-bond acceptors (Lipinski definition) is 3. The van der Waals surface area contributed by atoms with Gasteiger partial charge in [-0.15, -0.1) is 0 Å². The van der Waals surface area contributed by atoms with Gasteiger partial charge in [0.2, 0.25) is 0 Å². The quantitative estimate of drug-likeness (QED) is 0.802. The first kappa shape index (κ1) is 17.9. The molecule has 24 heavy (non-hydrogen) atoms. The SMILES string of the molecule is CCCCN(C)C(=O)c1cc(NCCc2ccc(F)cc2)ccn1. The molecule has 5 heteroatoms. The van der Waals surface area contributed by atoms with Crippen molar-refractivity contribution >= 4 is 11.6 Å². The minimum atomic E-state index is -0.226. The highest BCUT2D eigenvalue weighted by Crippen LogP contribution is 2.11. The van der Waals surface area contributed by atoms with Crippen molar-refractivity contribution in [2.75, 3.05) is 25.5 Å². The lowest BCUT2D eigenvalue weighted by Crippen LogP contribution is -2.28. The Morgan fingerprint density at radius 1 is 1.25 bits per heavy atom. The van der Waals surface area contributed by atoms with E-state index in [2.05, 4.69) is 17.2 Å². The Hall–Kier alpha value is -2.43. The standard InChI is InChI=1S/C19H24FN3O/c1-3-4-13-23(2)19(24)18-14-17(10-12-22-18)21-11-9-15-5-7-16(20)8-6-15/h5-8,10,12,14H,3-4,9,11,13H2,1-2H3,(H,21,22). The van der Waals surface area contributed by atoms with Crippen LogP contribution in [0.15, 0.2) is 42.6 Å².